The zero-order chi connectivity index (χ0) is 14.0. The average Bonchev–Trinajstić information content (AvgIpc) is 2.84. The Hall–Kier alpha value is -0.910. The summed E-state index contributed by atoms with van der Waals surface area (Å²) in [6, 6.07) is 1.55. The lowest BCUT2D eigenvalue weighted by Gasteiger charge is -2.32. The summed E-state index contributed by atoms with van der Waals surface area (Å²) in [7, 11) is 0. The van der Waals surface area contributed by atoms with E-state index in [2.05, 4.69) is 19.2 Å². The van der Waals surface area contributed by atoms with Crippen LogP contribution in [0.3, 0.4) is 0 Å². The summed E-state index contributed by atoms with van der Waals surface area (Å²) >= 11 is 1.58. The molecule has 1 aliphatic rings. The molecule has 1 saturated carbocycles. The van der Waals surface area contributed by atoms with Crippen LogP contribution in [0.15, 0.2) is 11.4 Å². The molecule has 1 amide bonds. The Morgan fingerprint density at radius 1 is 1.42 bits per heavy atom. The van der Waals surface area contributed by atoms with Gasteiger partial charge in [-0.05, 0) is 31.2 Å². The first-order valence-electron chi connectivity index (χ1n) is 6.74. The van der Waals surface area contributed by atoms with Crippen LogP contribution in [-0.4, -0.2) is 34.4 Å². The Labute approximate surface area is 117 Å². The molecule has 1 heterocycles. The molecule has 1 aliphatic carbocycles. The maximum atomic E-state index is 12.1. The number of thiophene rings is 1. The SMILES string of the molecule is CC(C)c1cc(C(=O)N[C@@H]2CCC[C@@H](O)[C@@H]2O)cs1. The van der Waals surface area contributed by atoms with Gasteiger partial charge < -0.3 is 15.5 Å². The van der Waals surface area contributed by atoms with Gasteiger partial charge in [0.05, 0.1) is 23.8 Å². The lowest BCUT2D eigenvalue weighted by atomic mass is 9.90. The van der Waals surface area contributed by atoms with Crippen molar-refractivity contribution in [1.82, 2.24) is 5.32 Å². The summed E-state index contributed by atoms with van der Waals surface area (Å²) in [4.78, 5) is 13.3. The second-order valence-electron chi connectivity index (χ2n) is 5.46. The molecule has 1 aromatic rings. The Bertz CT molecular complexity index is 444. The highest BCUT2D eigenvalue weighted by Crippen LogP contribution is 2.24. The highest BCUT2D eigenvalue weighted by atomic mass is 32.1. The average molecular weight is 283 g/mol. The maximum absolute atomic E-state index is 12.1. The number of carbonyl (C=O) groups is 1. The number of aliphatic hydroxyl groups excluding tert-OH is 2. The molecule has 3 N–H and O–H groups in total. The fourth-order valence-corrected chi connectivity index (χ4v) is 3.25. The first-order chi connectivity index (χ1) is 8.99. The van der Waals surface area contributed by atoms with E-state index in [0.29, 0.717) is 24.3 Å². The summed E-state index contributed by atoms with van der Waals surface area (Å²) in [5.41, 5.74) is 0.640. The smallest absolute Gasteiger partial charge is 0.252 e. The molecule has 4 nitrogen and oxygen atoms in total. The Morgan fingerprint density at radius 3 is 2.79 bits per heavy atom. The number of amides is 1. The number of nitrogens with one attached hydrogen (secondary N) is 1. The van der Waals surface area contributed by atoms with E-state index in [1.807, 2.05) is 11.4 Å². The molecule has 0 saturated heterocycles. The molecule has 0 aliphatic heterocycles. The van der Waals surface area contributed by atoms with E-state index in [1.54, 1.807) is 11.3 Å². The van der Waals surface area contributed by atoms with Gasteiger partial charge in [-0.1, -0.05) is 13.8 Å². The second-order valence-corrected chi connectivity index (χ2v) is 6.40. The molecule has 19 heavy (non-hydrogen) atoms. The van der Waals surface area contributed by atoms with Crippen LogP contribution in [0.25, 0.3) is 0 Å². The molecule has 1 aromatic heterocycles. The van der Waals surface area contributed by atoms with E-state index in [0.717, 1.165) is 6.42 Å². The molecule has 0 radical (unpaired) electrons. The molecule has 2 rings (SSSR count). The van der Waals surface area contributed by atoms with E-state index in [-0.39, 0.29) is 11.9 Å². The lowest BCUT2D eigenvalue weighted by molar-refractivity contribution is -0.0277. The van der Waals surface area contributed by atoms with Gasteiger partial charge in [0.1, 0.15) is 0 Å². The quantitative estimate of drug-likeness (QED) is 0.793. The summed E-state index contributed by atoms with van der Waals surface area (Å²) in [6.45, 7) is 4.18. The molecule has 3 atom stereocenters. The van der Waals surface area contributed by atoms with Gasteiger partial charge in [0, 0.05) is 10.3 Å². The Kier molecular flexibility index (Phi) is 4.60. The fraction of sp³-hybridized carbons (Fsp3) is 0.643. The molecular formula is C14H21NO3S. The summed E-state index contributed by atoms with van der Waals surface area (Å²) in [5.74, 6) is 0.245. The predicted octanol–water partition coefficient (Wildman–Crippen LogP) is 1.88. The highest BCUT2D eigenvalue weighted by molar-refractivity contribution is 7.10. The van der Waals surface area contributed by atoms with Crippen molar-refractivity contribution in [3.8, 4) is 0 Å². The fourth-order valence-electron chi connectivity index (χ4n) is 2.34. The number of rotatable bonds is 3. The van der Waals surface area contributed by atoms with Gasteiger partial charge in [0.15, 0.2) is 0 Å². The minimum absolute atomic E-state index is 0.165. The van der Waals surface area contributed by atoms with Crippen molar-refractivity contribution in [2.45, 2.75) is 57.3 Å². The van der Waals surface area contributed by atoms with Crippen molar-refractivity contribution in [3.05, 3.63) is 21.9 Å². The van der Waals surface area contributed by atoms with Crippen LogP contribution in [0.4, 0.5) is 0 Å². The van der Waals surface area contributed by atoms with E-state index in [4.69, 9.17) is 0 Å². The van der Waals surface area contributed by atoms with Crippen LogP contribution in [0, 0.1) is 0 Å². The molecule has 0 unspecified atom stereocenters. The van der Waals surface area contributed by atoms with Gasteiger partial charge in [-0.25, -0.2) is 0 Å². The first kappa shape index (κ1) is 14.5. The third kappa shape index (κ3) is 3.35. The molecule has 5 heteroatoms. The molecule has 1 fully saturated rings. The Morgan fingerprint density at radius 2 is 2.16 bits per heavy atom. The van der Waals surface area contributed by atoms with Crippen molar-refractivity contribution in [1.29, 1.82) is 0 Å². The lowest BCUT2D eigenvalue weighted by Crippen LogP contribution is -2.50. The van der Waals surface area contributed by atoms with Gasteiger partial charge in [-0.2, -0.15) is 0 Å². The van der Waals surface area contributed by atoms with Gasteiger partial charge in [-0.15, -0.1) is 11.3 Å². The number of hydrogen-bond acceptors (Lipinski definition) is 4. The van der Waals surface area contributed by atoms with Gasteiger partial charge >= 0.3 is 0 Å². The molecular weight excluding hydrogens is 262 g/mol. The molecule has 106 valence electrons. The van der Waals surface area contributed by atoms with Crippen molar-refractivity contribution in [2.24, 2.45) is 0 Å². The molecule has 0 spiro atoms. The van der Waals surface area contributed by atoms with Crippen LogP contribution in [0.1, 0.15) is 54.3 Å². The van der Waals surface area contributed by atoms with Crippen LogP contribution in [0.5, 0.6) is 0 Å². The summed E-state index contributed by atoms with van der Waals surface area (Å²) in [6.07, 6.45) is 0.548. The van der Waals surface area contributed by atoms with Crippen LogP contribution >= 0.6 is 11.3 Å². The van der Waals surface area contributed by atoms with Gasteiger partial charge in [0.25, 0.3) is 5.91 Å². The largest absolute Gasteiger partial charge is 0.390 e. The maximum Gasteiger partial charge on any atom is 0.252 e. The predicted molar refractivity (Wildman–Crippen MR) is 75.5 cm³/mol. The van der Waals surface area contributed by atoms with E-state index >= 15 is 0 Å². The van der Waals surface area contributed by atoms with Gasteiger partial charge in [0.2, 0.25) is 0 Å². The minimum Gasteiger partial charge on any atom is -0.390 e. The Balaban J connectivity index is 2.00. The van der Waals surface area contributed by atoms with E-state index in [1.165, 1.54) is 4.88 Å². The second kappa shape index (κ2) is 6.03. The topological polar surface area (TPSA) is 69.6 Å². The van der Waals surface area contributed by atoms with Crippen molar-refractivity contribution in [2.75, 3.05) is 0 Å². The standard InChI is InChI=1S/C14H21NO3S/c1-8(2)12-6-9(7-19-12)14(18)15-10-4-3-5-11(16)13(10)17/h6-8,10-11,13,16-17H,3-5H2,1-2H3,(H,15,18)/t10-,11-,13-/m1/s1. The normalized spacial score (nSPS) is 27.5. The van der Waals surface area contributed by atoms with E-state index in [9.17, 15) is 15.0 Å². The van der Waals surface area contributed by atoms with Crippen LogP contribution in [-0.2, 0) is 0 Å². The number of carbonyl (C=O) groups excluding carboxylic acids is 1. The van der Waals surface area contributed by atoms with Crippen molar-refractivity contribution >= 4 is 17.2 Å². The zero-order valence-corrected chi connectivity index (χ0v) is 12.1. The van der Waals surface area contributed by atoms with Crippen molar-refractivity contribution in [3.63, 3.8) is 0 Å². The van der Waals surface area contributed by atoms with E-state index < -0.39 is 12.2 Å². The first-order valence-corrected chi connectivity index (χ1v) is 7.62. The third-order valence-corrected chi connectivity index (χ3v) is 4.82. The van der Waals surface area contributed by atoms with Crippen LogP contribution < -0.4 is 5.32 Å². The molecule has 0 aromatic carbocycles. The summed E-state index contributed by atoms with van der Waals surface area (Å²) < 4.78 is 0. The van der Waals surface area contributed by atoms with Crippen molar-refractivity contribution < 1.29 is 15.0 Å². The van der Waals surface area contributed by atoms with Crippen LogP contribution in [0.2, 0.25) is 0 Å². The monoisotopic (exact) mass is 283 g/mol. The minimum atomic E-state index is -0.860. The highest BCUT2D eigenvalue weighted by Gasteiger charge is 2.31. The number of hydrogen-bond donors (Lipinski definition) is 3. The zero-order valence-electron chi connectivity index (χ0n) is 11.3. The molecule has 0 bridgehead atoms. The number of aliphatic hydroxyl groups is 2. The third-order valence-electron chi connectivity index (χ3n) is 3.59. The van der Waals surface area contributed by atoms with Gasteiger partial charge in [-0.3, -0.25) is 4.79 Å². The summed E-state index contributed by atoms with van der Waals surface area (Å²) in [5, 5.41) is 24.1.